The lowest BCUT2D eigenvalue weighted by Crippen LogP contribution is -2.42. The second-order valence-corrected chi connectivity index (χ2v) is 9.18. The van der Waals surface area contributed by atoms with Crippen LogP contribution in [0.4, 0.5) is 17.1 Å². The van der Waals surface area contributed by atoms with Crippen molar-refractivity contribution in [2.24, 2.45) is 0 Å². The van der Waals surface area contributed by atoms with Gasteiger partial charge in [-0.2, -0.15) is 0 Å². The lowest BCUT2D eigenvalue weighted by Gasteiger charge is -2.31. The number of carbonyl (C=O) groups excluding carboxylic acids is 1. The summed E-state index contributed by atoms with van der Waals surface area (Å²) in [6.07, 6.45) is 3.94. The molecule has 3 saturated heterocycles. The monoisotopic (exact) mass is 475 g/mol. The normalized spacial score (nSPS) is 20.4. The Morgan fingerprint density at radius 3 is 2.49 bits per heavy atom. The zero-order valence-corrected chi connectivity index (χ0v) is 19.7. The first-order valence-electron chi connectivity index (χ1n) is 12.1. The molecule has 2 bridgehead atoms. The van der Waals surface area contributed by atoms with E-state index in [4.69, 9.17) is 0 Å². The van der Waals surface area contributed by atoms with Gasteiger partial charge in [0.2, 0.25) is 0 Å². The van der Waals surface area contributed by atoms with Crippen LogP contribution >= 0.6 is 0 Å². The van der Waals surface area contributed by atoms with E-state index in [9.17, 15) is 19.5 Å². The van der Waals surface area contributed by atoms with E-state index < -0.39 is 10.9 Å². The highest BCUT2D eigenvalue weighted by Crippen LogP contribution is 2.33. The summed E-state index contributed by atoms with van der Waals surface area (Å²) >= 11 is 0. The van der Waals surface area contributed by atoms with Crippen molar-refractivity contribution in [3.05, 3.63) is 74.3 Å². The summed E-state index contributed by atoms with van der Waals surface area (Å²) in [6, 6.07) is 11.1. The minimum Gasteiger partial charge on any atom is -0.504 e. The van der Waals surface area contributed by atoms with Gasteiger partial charge in [-0.25, -0.2) is 4.98 Å². The predicted octanol–water partition coefficient (Wildman–Crippen LogP) is 2.61. The number of nitrogens with zero attached hydrogens (tertiary/aromatic N) is 3. The zero-order chi connectivity index (χ0) is 24.5. The highest BCUT2D eigenvalue weighted by molar-refractivity contribution is 5.97. The number of nitrogens with one attached hydrogen (secondary N) is 2. The maximum absolute atomic E-state index is 13.3. The number of fused-ring (bicyclic) bond motifs is 4. The molecule has 4 heterocycles. The van der Waals surface area contributed by atoms with Crippen LogP contribution in [0.5, 0.6) is 5.75 Å². The van der Waals surface area contributed by atoms with Crippen molar-refractivity contribution in [2.45, 2.75) is 38.3 Å². The quantitative estimate of drug-likeness (QED) is 0.447. The molecule has 0 saturated carbocycles. The molecule has 6 rings (SSSR count). The van der Waals surface area contributed by atoms with Crippen molar-refractivity contribution < 1.29 is 9.90 Å². The van der Waals surface area contributed by atoms with Gasteiger partial charge in [-0.1, -0.05) is 37.3 Å². The van der Waals surface area contributed by atoms with E-state index in [0.29, 0.717) is 13.0 Å². The molecule has 3 aliphatic rings. The van der Waals surface area contributed by atoms with E-state index in [0.717, 1.165) is 38.0 Å². The Morgan fingerprint density at radius 2 is 1.77 bits per heavy atom. The Hall–Kier alpha value is -3.72. The molecule has 0 unspecified atom stereocenters. The van der Waals surface area contributed by atoms with E-state index in [1.807, 2.05) is 37.3 Å². The first kappa shape index (κ1) is 23.0. The van der Waals surface area contributed by atoms with Crippen LogP contribution in [0.2, 0.25) is 0 Å². The van der Waals surface area contributed by atoms with Gasteiger partial charge in [-0.15, -0.1) is 0 Å². The second kappa shape index (κ2) is 9.50. The first-order valence-corrected chi connectivity index (χ1v) is 12.1. The lowest BCUT2D eigenvalue weighted by atomic mass is 10.0. The molecule has 1 aromatic heterocycles. The van der Waals surface area contributed by atoms with Crippen molar-refractivity contribution in [1.82, 2.24) is 14.8 Å². The molecular weight excluding hydrogens is 446 g/mol. The Labute approximate surface area is 203 Å². The molecule has 0 spiro atoms. The largest absolute Gasteiger partial charge is 0.504 e. The van der Waals surface area contributed by atoms with E-state index in [1.54, 1.807) is 4.90 Å². The van der Waals surface area contributed by atoms with Gasteiger partial charge in [-0.3, -0.25) is 14.4 Å². The number of amides is 1. The third-order valence-corrected chi connectivity index (χ3v) is 7.14. The maximum Gasteiger partial charge on any atom is 0.276 e. The van der Waals surface area contributed by atoms with E-state index in [1.165, 1.54) is 12.3 Å². The predicted molar refractivity (Wildman–Crippen MR) is 134 cm³/mol. The molecule has 3 N–H and O–H groups in total. The average Bonchev–Trinajstić information content (AvgIpc) is 3.23. The fraction of sp³-hybridized carbons (Fsp3) is 0.385. The molecule has 9 nitrogen and oxygen atoms in total. The molecule has 182 valence electrons. The molecule has 1 amide bonds. The third-order valence-electron chi connectivity index (χ3n) is 7.14. The number of hydrogen-bond donors (Lipinski definition) is 3. The van der Waals surface area contributed by atoms with Crippen molar-refractivity contribution in [2.75, 3.05) is 36.8 Å². The standard InChI is InChI=1S/C26H29N5O4/c1-2-18(16-6-4-3-5-7-16)28-20-21(25(34)24(20)33)29-19-8-11-27-22(23(19)32)26(35)31-15-14-30-12-9-17(31)10-13-30/h3-8,11,17-18,28,32H,2,9-10,12-15H2,1H3,(H,27,29)/t18-/m1/s1. The number of benzene rings is 1. The zero-order valence-electron chi connectivity index (χ0n) is 19.7. The lowest BCUT2D eigenvalue weighted by molar-refractivity contribution is 0.0675. The first-order chi connectivity index (χ1) is 17.0. The molecule has 2 aromatic carbocycles. The van der Waals surface area contributed by atoms with Crippen LogP contribution in [0.3, 0.4) is 0 Å². The molecular formula is C26H29N5O4. The SMILES string of the molecule is CC[C@@H](Nc1c(Nc2ccnc(C(=O)N3CCN4CCC3CC4)c2O)c(=O)c1=O)c1ccccc1. The van der Waals surface area contributed by atoms with Gasteiger partial charge in [-0.05, 0) is 30.9 Å². The summed E-state index contributed by atoms with van der Waals surface area (Å²) in [5.74, 6) is -0.649. The topological polar surface area (TPSA) is 115 Å². The Balaban J connectivity index is 1.39. The molecule has 0 radical (unpaired) electrons. The summed E-state index contributed by atoms with van der Waals surface area (Å²) in [6.45, 7) is 5.32. The fourth-order valence-electron chi connectivity index (χ4n) is 5.07. The average molecular weight is 476 g/mol. The Bertz CT molecular complexity index is 1290. The van der Waals surface area contributed by atoms with Gasteiger partial charge in [0.25, 0.3) is 16.8 Å². The van der Waals surface area contributed by atoms with Gasteiger partial charge < -0.3 is 25.5 Å². The number of anilines is 3. The second-order valence-electron chi connectivity index (χ2n) is 9.18. The summed E-state index contributed by atoms with van der Waals surface area (Å²) in [5, 5.41) is 17.0. The molecule has 3 fully saturated rings. The summed E-state index contributed by atoms with van der Waals surface area (Å²) in [4.78, 5) is 46.4. The van der Waals surface area contributed by atoms with E-state index in [-0.39, 0.29) is 46.5 Å². The Morgan fingerprint density at radius 1 is 1.06 bits per heavy atom. The molecule has 1 atom stereocenters. The van der Waals surface area contributed by atoms with Crippen molar-refractivity contribution in [3.63, 3.8) is 0 Å². The summed E-state index contributed by atoms with van der Waals surface area (Å²) < 4.78 is 0. The highest BCUT2D eigenvalue weighted by atomic mass is 16.3. The minimum atomic E-state index is -0.668. The number of pyridine rings is 1. The molecule has 9 heteroatoms. The molecule has 3 aromatic rings. The third kappa shape index (κ3) is 4.27. The number of hydrogen-bond acceptors (Lipinski definition) is 8. The smallest absolute Gasteiger partial charge is 0.276 e. The van der Waals surface area contributed by atoms with Crippen LogP contribution in [0.15, 0.2) is 52.2 Å². The van der Waals surface area contributed by atoms with Gasteiger partial charge in [0.15, 0.2) is 11.4 Å². The summed E-state index contributed by atoms with van der Waals surface area (Å²) in [7, 11) is 0. The number of carbonyl (C=O) groups is 1. The number of piperidine rings is 1. The van der Waals surface area contributed by atoms with Gasteiger partial charge >= 0.3 is 0 Å². The molecule has 3 aliphatic heterocycles. The highest BCUT2D eigenvalue weighted by Gasteiger charge is 2.34. The molecule has 0 aliphatic carbocycles. The van der Waals surface area contributed by atoms with Crippen molar-refractivity contribution in [3.8, 4) is 5.75 Å². The minimum absolute atomic E-state index is 0.0562. The summed E-state index contributed by atoms with van der Waals surface area (Å²) in [5.41, 5.74) is 0.0731. The van der Waals surface area contributed by atoms with Gasteiger partial charge in [0, 0.05) is 38.4 Å². The van der Waals surface area contributed by atoms with Crippen LogP contribution in [-0.4, -0.2) is 58.0 Å². The van der Waals surface area contributed by atoms with Crippen LogP contribution < -0.4 is 21.5 Å². The van der Waals surface area contributed by atoms with Crippen LogP contribution in [-0.2, 0) is 0 Å². The van der Waals surface area contributed by atoms with Crippen molar-refractivity contribution in [1.29, 1.82) is 0 Å². The van der Waals surface area contributed by atoms with E-state index >= 15 is 0 Å². The van der Waals surface area contributed by atoms with Crippen LogP contribution in [0.25, 0.3) is 0 Å². The fourth-order valence-corrected chi connectivity index (χ4v) is 5.07. The van der Waals surface area contributed by atoms with E-state index in [2.05, 4.69) is 20.5 Å². The number of aromatic hydroxyl groups is 1. The van der Waals surface area contributed by atoms with Crippen molar-refractivity contribution >= 4 is 23.0 Å². The molecule has 35 heavy (non-hydrogen) atoms. The van der Waals surface area contributed by atoms with Gasteiger partial charge in [0.1, 0.15) is 11.4 Å². The van der Waals surface area contributed by atoms with Gasteiger partial charge in [0.05, 0.1) is 11.7 Å². The Kier molecular flexibility index (Phi) is 6.25. The number of aromatic nitrogens is 1. The van der Waals surface area contributed by atoms with Crippen LogP contribution in [0.1, 0.15) is 48.3 Å². The van der Waals surface area contributed by atoms with Crippen LogP contribution in [0, 0.1) is 0 Å². The maximum atomic E-state index is 13.3. The number of rotatable bonds is 7.